The number of hydrogen-bond acceptors (Lipinski definition) is 3. The van der Waals surface area contributed by atoms with E-state index in [0.29, 0.717) is 22.1 Å². The molecule has 0 aliphatic rings. The summed E-state index contributed by atoms with van der Waals surface area (Å²) in [5.41, 5.74) is 3.27. The molecule has 0 saturated heterocycles. The summed E-state index contributed by atoms with van der Waals surface area (Å²) < 4.78 is 15.9. The summed E-state index contributed by atoms with van der Waals surface area (Å²) in [6.45, 7) is 9.87. The lowest BCUT2D eigenvalue weighted by molar-refractivity contribution is -0.131. The molecule has 0 atom stereocenters. The average molecular weight is 413 g/mol. The van der Waals surface area contributed by atoms with E-state index in [1.165, 1.54) is 17.4 Å². The van der Waals surface area contributed by atoms with Gasteiger partial charge in [0.2, 0.25) is 0 Å². The second-order valence-corrected chi connectivity index (χ2v) is 9.01. The van der Waals surface area contributed by atoms with E-state index in [1.807, 2.05) is 32.0 Å². The van der Waals surface area contributed by atoms with Crippen LogP contribution in [0.25, 0.3) is 26.8 Å². The Bertz CT molecular complexity index is 1120. The summed E-state index contributed by atoms with van der Waals surface area (Å²) in [5, 5.41) is 20.7. The number of halogens is 1. The topological polar surface area (TPSA) is 57.5 Å². The van der Waals surface area contributed by atoms with Crippen LogP contribution in [0.2, 0.25) is 0 Å². The summed E-state index contributed by atoms with van der Waals surface area (Å²) in [7, 11) is 0. The van der Waals surface area contributed by atoms with Crippen LogP contribution in [0.4, 0.5) is 4.39 Å². The van der Waals surface area contributed by atoms with Gasteiger partial charge in [-0.15, -0.1) is 11.3 Å². The van der Waals surface area contributed by atoms with E-state index in [1.54, 1.807) is 13.0 Å². The van der Waals surface area contributed by atoms with Gasteiger partial charge in [0.15, 0.2) is 0 Å². The predicted molar refractivity (Wildman–Crippen MR) is 118 cm³/mol. The van der Waals surface area contributed by atoms with Crippen LogP contribution < -0.4 is 0 Å². The maximum atomic E-state index is 15.1. The quantitative estimate of drug-likeness (QED) is 0.438. The molecular weight excluding hydrogens is 387 g/mol. The van der Waals surface area contributed by atoms with E-state index in [2.05, 4.69) is 13.8 Å². The molecule has 0 spiro atoms. The van der Waals surface area contributed by atoms with E-state index in [4.69, 9.17) is 5.11 Å². The minimum Gasteiger partial charge on any atom is -0.507 e. The van der Waals surface area contributed by atoms with Gasteiger partial charge in [0, 0.05) is 32.2 Å². The van der Waals surface area contributed by atoms with Crippen molar-refractivity contribution in [3.63, 3.8) is 0 Å². The van der Waals surface area contributed by atoms with Crippen molar-refractivity contribution in [3.8, 4) is 16.9 Å². The average Bonchev–Trinajstić information content (AvgIpc) is 3.05. The van der Waals surface area contributed by atoms with Gasteiger partial charge >= 0.3 is 5.97 Å². The Morgan fingerprint density at radius 3 is 2.38 bits per heavy atom. The lowest BCUT2D eigenvalue weighted by Gasteiger charge is -2.18. The highest BCUT2D eigenvalue weighted by molar-refractivity contribution is 7.20. The number of thiophene rings is 1. The molecule has 1 heterocycles. The van der Waals surface area contributed by atoms with Crippen LogP contribution >= 0.6 is 11.3 Å². The number of carbonyl (C=O) groups is 1. The van der Waals surface area contributed by atoms with E-state index in [0.717, 1.165) is 26.8 Å². The Labute approximate surface area is 174 Å². The van der Waals surface area contributed by atoms with Gasteiger partial charge in [-0.3, -0.25) is 0 Å². The van der Waals surface area contributed by atoms with Gasteiger partial charge in [0.25, 0.3) is 0 Å². The molecule has 29 heavy (non-hydrogen) atoms. The molecule has 1 aromatic heterocycles. The molecule has 0 aliphatic heterocycles. The van der Waals surface area contributed by atoms with E-state index in [-0.39, 0.29) is 17.6 Å². The molecule has 0 aliphatic carbocycles. The minimum atomic E-state index is -1.02. The van der Waals surface area contributed by atoms with Gasteiger partial charge < -0.3 is 10.2 Å². The van der Waals surface area contributed by atoms with Crippen molar-refractivity contribution in [1.29, 1.82) is 0 Å². The van der Waals surface area contributed by atoms with Gasteiger partial charge in [0.05, 0.1) is 0 Å². The third kappa shape index (κ3) is 4.06. The Hall–Kier alpha value is -2.66. The van der Waals surface area contributed by atoms with Gasteiger partial charge in [-0.25, -0.2) is 9.18 Å². The smallest absolute Gasteiger partial charge is 0.328 e. The number of aliphatic carboxylic acids is 1. The molecule has 0 fully saturated rings. The molecule has 152 valence electrons. The monoisotopic (exact) mass is 412 g/mol. The summed E-state index contributed by atoms with van der Waals surface area (Å²) in [6.07, 6.45) is 1.15. The van der Waals surface area contributed by atoms with Crippen molar-refractivity contribution < 1.29 is 19.4 Å². The molecule has 3 nitrogen and oxygen atoms in total. The summed E-state index contributed by atoms with van der Waals surface area (Å²) in [4.78, 5) is 11.8. The van der Waals surface area contributed by atoms with Crippen molar-refractivity contribution in [1.82, 2.24) is 0 Å². The van der Waals surface area contributed by atoms with Crippen LogP contribution in [-0.4, -0.2) is 16.2 Å². The second kappa shape index (κ2) is 7.99. The highest BCUT2D eigenvalue weighted by Crippen LogP contribution is 2.44. The van der Waals surface area contributed by atoms with Gasteiger partial charge in [-0.05, 0) is 59.7 Å². The first-order valence-corrected chi connectivity index (χ1v) is 10.4. The molecule has 0 radical (unpaired) electrons. The Morgan fingerprint density at radius 2 is 1.79 bits per heavy atom. The molecule has 5 heteroatoms. The number of rotatable bonds is 5. The molecule has 3 aromatic rings. The highest BCUT2D eigenvalue weighted by atomic mass is 32.1. The summed E-state index contributed by atoms with van der Waals surface area (Å²) in [6, 6.07) is 8.77. The van der Waals surface area contributed by atoms with Crippen LogP contribution in [0.15, 0.2) is 36.4 Å². The first kappa shape index (κ1) is 21.1. The highest BCUT2D eigenvalue weighted by Gasteiger charge is 2.21. The molecule has 2 aromatic carbocycles. The van der Waals surface area contributed by atoms with Crippen molar-refractivity contribution in [3.05, 3.63) is 58.2 Å². The number of hydrogen-bond donors (Lipinski definition) is 2. The lowest BCUT2D eigenvalue weighted by Crippen LogP contribution is -1.97. The first-order chi connectivity index (χ1) is 13.6. The summed E-state index contributed by atoms with van der Waals surface area (Å²) in [5.74, 6) is -1.01. The van der Waals surface area contributed by atoms with E-state index in [9.17, 15) is 9.90 Å². The Morgan fingerprint density at radius 1 is 1.10 bits per heavy atom. The molecule has 0 saturated carbocycles. The van der Waals surface area contributed by atoms with Crippen LogP contribution in [0.5, 0.6) is 5.75 Å². The molecule has 0 bridgehead atoms. The largest absolute Gasteiger partial charge is 0.507 e. The SMILES string of the molecule is C/C(=C\C(=O)O)c1cc2c(-c3cc(C(C)C)cc(C(C)C)c3O)c(F)ccc2s1. The zero-order chi connectivity index (χ0) is 21.5. The van der Waals surface area contributed by atoms with Crippen LogP contribution in [0.3, 0.4) is 0 Å². The number of phenolic OH excluding ortho intramolecular Hbond substituents is 1. The third-order valence-corrected chi connectivity index (χ3v) is 6.33. The predicted octanol–water partition coefficient (Wildman–Crippen LogP) is 7.15. The van der Waals surface area contributed by atoms with E-state index < -0.39 is 11.8 Å². The van der Waals surface area contributed by atoms with Crippen LogP contribution in [0, 0.1) is 5.82 Å². The number of carboxylic acids is 1. The standard InChI is InChI=1S/C24H25FO3S/c1-12(2)15-9-16(13(3)4)24(28)18(10-15)23-17-11-21(14(5)8-22(26)27)29-20(17)7-6-19(23)25/h6-13,28H,1-5H3,(H,26,27)/b14-8+. The molecule has 0 amide bonds. The number of carboxylic acid groups (broad SMARTS) is 1. The number of phenols is 1. The van der Waals surface area contributed by atoms with Crippen molar-refractivity contribution in [2.45, 2.75) is 46.5 Å². The fourth-order valence-corrected chi connectivity index (χ4v) is 4.49. The second-order valence-electron chi connectivity index (χ2n) is 7.93. The van der Waals surface area contributed by atoms with Crippen molar-refractivity contribution in [2.24, 2.45) is 0 Å². The fourth-order valence-electron chi connectivity index (χ4n) is 3.45. The molecular formula is C24H25FO3S. The van der Waals surface area contributed by atoms with E-state index >= 15 is 4.39 Å². The fraction of sp³-hybridized carbons (Fsp3) is 0.292. The Balaban J connectivity index is 2.34. The molecule has 2 N–H and O–H groups in total. The van der Waals surface area contributed by atoms with Crippen molar-refractivity contribution >= 4 is 33.0 Å². The van der Waals surface area contributed by atoms with Crippen LogP contribution in [0.1, 0.15) is 62.5 Å². The first-order valence-electron chi connectivity index (χ1n) is 9.61. The zero-order valence-corrected chi connectivity index (χ0v) is 18.0. The zero-order valence-electron chi connectivity index (χ0n) is 17.2. The lowest BCUT2D eigenvalue weighted by atomic mass is 9.88. The maximum absolute atomic E-state index is 15.1. The van der Waals surface area contributed by atoms with Crippen molar-refractivity contribution in [2.75, 3.05) is 0 Å². The number of allylic oxidation sites excluding steroid dienone is 1. The summed E-state index contributed by atoms with van der Waals surface area (Å²) >= 11 is 1.41. The Kier molecular flexibility index (Phi) is 5.80. The van der Waals surface area contributed by atoms with Gasteiger partial charge in [0.1, 0.15) is 11.6 Å². The molecule has 3 rings (SSSR count). The minimum absolute atomic E-state index is 0.0912. The normalized spacial score (nSPS) is 12.3. The van der Waals surface area contributed by atoms with Crippen LogP contribution in [-0.2, 0) is 4.79 Å². The number of aromatic hydroxyl groups is 1. The maximum Gasteiger partial charge on any atom is 0.328 e. The molecule has 0 unspecified atom stereocenters. The van der Waals surface area contributed by atoms with Gasteiger partial charge in [-0.2, -0.15) is 0 Å². The number of benzene rings is 2. The van der Waals surface area contributed by atoms with Gasteiger partial charge in [-0.1, -0.05) is 33.8 Å². The third-order valence-electron chi connectivity index (χ3n) is 5.10. The number of fused-ring (bicyclic) bond motifs is 1.